The molecule has 17 heavy (non-hydrogen) atoms. The van der Waals surface area contributed by atoms with E-state index in [9.17, 15) is 4.79 Å². The maximum atomic E-state index is 12.3. The summed E-state index contributed by atoms with van der Waals surface area (Å²) in [5.41, 5.74) is -0.148. The molecule has 1 aliphatic carbocycles. The van der Waals surface area contributed by atoms with Crippen molar-refractivity contribution in [3.05, 3.63) is 0 Å². The number of aliphatic hydroxyl groups excluding tert-OH is 1. The van der Waals surface area contributed by atoms with Gasteiger partial charge >= 0.3 is 0 Å². The molecule has 1 unspecified atom stereocenters. The van der Waals surface area contributed by atoms with Gasteiger partial charge < -0.3 is 5.11 Å². The molecule has 0 amide bonds. The van der Waals surface area contributed by atoms with E-state index in [1.54, 1.807) is 0 Å². The Kier molecular flexibility index (Phi) is 5.14. The van der Waals surface area contributed by atoms with Crippen LogP contribution in [0.4, 0.5) is 0 Å². The number of hydrogen-bond acceptors (Lipinski definition) is 3. The first-order valence-corrected chi connectivity index (χ1v) is 6.77. The number of rotatable bonds is 5. The van der Waals surface area contributed by atoms with Crippen LogP contribution >= 0.6 is 0 Å². The number of carbonyl (C=O) groups is 1. The highest BCUT2D eigenvalue weighted by Crippen LogP contribution is 2.35. The van der Waals surface area contributed by atoms with E-state index >= 15 is 0 Å². The van der Waals surface area contributed by atoms with E-state index in [4.69, 9.17) is 5.11 Å². The third kappa shape index (κ3) is 3.78. The maximum Gasteiger partial charge on any atom is 0.142 e. The standard InChI is InChI=1S/C14H27NO2/c1-11(2)15(8-9-16)10-12-6-5-7-14(3,4)13(12)17/h11-12,16H,5-10H2,1-4H3. The summed E-state index contributed by atoms with van der Waals surface area (Å²) in [5, 5.41) is 9.06. The number of ketones is 1. The molecule has 0 bridgehead atoms. The normalized spacial score (nSPS) is 24.6. The van der Waals surface area contributed by atoms with Gasteiger partial charge in [-0.1, -0.05) is 20.3 Å². The molecule has 0 aromatic carbocycles. The van der Waals surface area contributed by atoms with Crippen molar-refractivity contribution in [1.82, 2.24) is 4.90 Å². The van der Waals surface area contributed by atoms with Crippen molar-refractivity contribution in [1.29, 1.82) is 0 Å². The smallest absolute Gasteiger partial charge is 0.142 e. The minimum absolute atomic E-state index is 0.148. The molecule has 1 aliphatic rings. The highest BCUT2D eigenvalue weighted by Gasteiger charge is 2.37. The fourth-order valence-electron chi connectivity index (χ4n) is 2.74. The van der Waals surface area contributed by atoms with Gasteiger partial charge in [-0.2, -0.15) is 0 Å². The molecule has 1 N–H and O–H groups in total. The highest BCUT2D eigenvalue weighted by atomic mass is 16.3. The summed E-state index contributed by atoms with van der Waals surface area (Å²) in [5.74, 6) is 0.569. The Balaban J connectivity index is 2.63. The number of nitrogens with zero attached hydrogens (tertiary/aromatic N) is 1. The Morgan fingerprint density at radius 2 is 2.12 bits per heavy atom. The minimum Gasteiger partial charge on any atom is -0.395 e. The monoisotopic (exact) mass is 241 g/mol. The molecule has 0 aliphatic heterocycles. The number of hydrogen-bond donors (Lipinski definition) is 1. The van der Waals surface area contributed by atoms with Crippen molar-refractivity contribution in [3.8, 4) is 0 Å². The Hall–Kier alpha value is -0.410. The zero-order valence-electron chi connectivity index (χ0n) is 11.7. The fraction of sp³-hybridized carbons (Fsp3) is 0.929. The lowest BCUT2D eigenvalue weighted by atomic mass is 9.71. The predicted molar refractivity (Wildman–Crippen MR) is 69.9 cm³/mol. The molecular formula is C14H27NO2. The summed E-state index contributed by atoms with van der Waals surface area (Å²) in [6.45, 7) is 10.0. The van der Waals surface area contributed by atoms with Gasteiger partial charge in [-0.15, -0.1) is 0 Å². The van der Waals surface area contributed by atoms with Gasteiger partial charge in [0, 0.05) is 30.5 Å². The van der Waals surface area contributed by atoms with Gasteiger partial charge in [0.05, 0.1) is 6.61 Å². The second kappa shape index (κ2) is 5.96. The lowest BCUT2D eigenvalue weighted by Crippen LogP contribution is -2.44. The molecule has 1 fully saturated rings. The van der Waals surface area contributed by atoms with E-state index < -0.39 is 0 Å². The van der Waals surface area contributed by atoms with Crippen molar-refractivity contribution in [2.45, 2.75) is 53.0 Å². The van der Waals surface area contributed by atoms with Crippen LogP contribution in [0.5, 0.6) is 0 Å². The lowest BCUT2D eigenvalue weighted by Gasteiger charge is -2.37. The molecule has 0 aromatic heterocycles. The van der Waals surface area contributed by atoms with Gasteiger partial charge in [-0.3, -0.25) is 9.69 Å². The SMILES string of the molecule is CC(C)N(CCO)CC1CCCC(C)(C)C1=O. The number of carbonyl (C=O) groups excluding carboxylic acids is 1. The first-order chi connectivity index (χ1) is 7.88. The summed E-state index contributed by atoms with van der Waals surface area (Å²) in [6.07, 6.45) is 3.18. The molecule has 3 heteroatoms. The summed E-state index contributed by atoms with van der Waals surface area (Å²) >= 11 is 0. The van der Waals surface area contributed by atoms with Gasteiger partial charge in [0.1, 0.15) is 5.78 Å². The van der Waals surface area contributed by atoms with Crippen LogP contribution in [0.1, 0.15) is 47.0 Å². The van der Waals surface area contributed by atoms with Crippen molar-refractivity contribution in [2.24, 2.45) is 11.3 Å². The van der Waals surface area contributed by atoms with Crippen LogP contribution in [-0.2, 0) is 4.79 Å². The van der Waals surface area contributed by atoms with Crippen LogP contribution in [0.2, 0.25) is 0 Å². The zero-order chi connectivity index (χ0) is 13.1. The van der Waals surface area contributed by atoms with Crippen molar-refractivity contribution >= 4 is 5.78 Å². The van der Waals surface area contributed by atoms with Crippen molar-refractivity contribution in [2.75, 3.05) is 19.7 Å². The molecule has 0 aromatic rings. The predicted octanol–water partition coefficient (Wildman–Crippen LogP) is 2.08. The average molecular weight is 241 g/mol. The summed E-state index contributed by atoms with van der Waals surface area (Å²) in [4.78, 5) is 14.5. The van der Waals surface area contributed by atoms with E-state index in [1.165, 1.54) is 0 Å². The molecule has 0 heterocycles. The number of Topliss-reactive ketones (excluding diaryl/α,β-unsaturated/α-hetero) is 1. The Morgan fingerprint density at radius 1 is 1.47 bits per heavy atom. The molecule has 3 nitrogen and oxygen atoms in total. The van der Waals surface area contributed by atoms with E-state index in [-0.39, 0.29) is 17.9 Å². The summed E-state index contributed by atoms with van der Waals surface area (Å²) in [7, 11) is 0. The third-order valence-corrected chi connectivity index (χ3v) is 3.96. The molecule has 1 saturated carbocycles. The first kappa shape index (κ1) is 14.7. The minimum atomic E-state index is -0.148. The van der Waals surface area contributed by atoms with Crippen LogP contribution in [0.3, 0.4) is 0 Å². The molecule has 0 saturated heterocycles. The van der Waals surface area contributed by atoms with E-state index in [2.05, 4.69) is 32.6 Å². The van der Waals surface area contributed by atoms with Crippen LogP contribution < -0.4 is 0 Å². The Labute approximate surface area is 105 Å². The van der Waals surface area contributed by atoms with Crippen molar-refractivity contribution < 1.29 is 9.90 Å². The van der Waals surface area contributed by atoms with E-state index in [0.717, 1.165) is 25.8 Å². The van der Waals surface area contributed by atoms with Gasteiger partial charge in [0.15, 0.2) is 0 Å². The molecule has 0 radical (unpaired) electrons. The van der Waals surface area contributed by atoms with Crippen LogP contribution in [0.25, 0.3) is 0 Å². The van der Waals surface area contributed by atoms with E-state index in [0.29, 0.717) is 18.4 Å². The molecule has 0 spiro atoms. The van der Waals surface area contributed by atoms with Gasteiger partial charge in [-0.25, -0.2) is 0 Å². The Bertz CT molecular complexity index is 261. The van der Waals surface area contributed by atoms with Crippen LogP contribution in [0, 0.1) is 11.3 Å². The summed E-state index contributed by atoms with van der Waals surface area (Å²) < 4.78 is 0. The number of aliphatic hydroxyl groups is 1. The lowest BCUT2D eigenvalue weighted by molar-refractivity contribution is -0.135. The first-order valence-electron chi connectivity index (χ1n) is 6.77. The van der Waals surface area contributed by atoms with Crippen molar-refractivity contribution in [3.63, 3.8) is 0 Å². The van der Waals surface area contributed by atoms with Gasteiger partial charge in [-0.05, 0) is 26.7 Å². The van der Waals surface area contributed by atoms with Crippen LogP contribution in [0.15, 0.2) is 0 Å². The highest BCUT2D eigenvalue weighted by molar-refractivity contribution is 5.87. The fourth-order valence-corrected chi connectivity index (χ4v) is 2.74. The Morgan fingerprint density at radius 3 is 2.65 bits per heavy atom. The molecule has 100 valence electrons. The second-order valence-electron chi connectivity index (χ2n) is 6.15. The van der Waals surface area contributed by atoms with Gasteiger partial charge in [0.25, 0.3) is 0 Å². The molecular weight excluding hydrogens is 214 g/mol. The third-order valence-electron chi connectivity index (χ3n) is 3.96. The summed E-state index contributed by atoms with van der Waals surface area (Å²) in [6, 6.07) is 0.389. The van der Waals surface area contributed by atoms with E-state index in [1.807, 2.05) is 0 Å². The van der Waals surface area contributed by atoms with Crippen LogP contribution in [-0.4, -0.2) is 41.5 Å². The quantitative estimate of drug-likeness (QED) is 0.801. The maximum absolute atomic E-state index is 12.3. The topological polar surface area (TPSA) is 40.5 Å². The average Bonchev–Trinajstić information content (AvgIpc) is 2.23. The van der Waals surface area contributed by atoms with Gasteiger partial charge in [0.2, 0.25) is 0 Å². The zero-order valence-corrected chi connectivity index (χ0v) is 11.7. The second-order valence-corrected chi connectivity index (χ2v) is 6.15. The largest absolute Gasteiger partial charge is 0.395 e. The molecule has 1 atom stereocenters. The molecule has 1 rings (SSSR count).